The molecule has 0 saturated heterocycles. The first-order valence-electron chi connectivity index (χ1n) is 6.32. The minimum absolute atomic E-state index is 0.130. The van der Waals surface area contributed by atoms with Crippen LogP contribution in [-0.2, 0) is 10.0 Å². The lowest BCUT2D eigenvalue weighted by molar-refractivity contribution is 0.402. The van der Waals surface area contributed by atoms with Gasteiger partial charge in [0.25, 0.3) is 0 Å². The van der Waals surface area contributed by atoms with Gasteiger partial charge in [0.15, 0.2) is 0 Å². The Kier molecular flexibility index (Phi) is 4.36. The zero-order valence-corrected chi connectivity index (χ0v) is 13.6. The summed E-state index contributed by atoms with van der Waals surface area (Å²) >= 11 is 1.47. The van der Waals surface area contributed by atoms with Gasteiger partial charge in [0.05, 0.1) is 10.9 Å². The third-order valence-corrected chi connectivity index (χ3v) is 6.48. The molecule has 0 fully saturated rings. The standard InChI is InChI=1S/C14H17FN2O2S2/c1-9-12(15)7-11(8-13(9)16)21(18,19)17(3)10(2)14-5-4-6-20-14/h4-8,10H,16H2,1-3H3. The summed E-state index contributed by atoms with van der Waals surface area (Å²) in [6.07, 6.45) is 0. The van der Waals surface area contributed by atoms with E-state index < -0.39 is 15.8 Å². The first-order chi connectivity index (χ1) is 9.75. The molecule has 0 amide bonds. The molecular formula is C14H17FN2O2S2. The average molecular weight is 328 g/mol. The van der Waals surface area contributed by atoms with E-state index >= 15 is 0 Å². The Balaban J connectivity index is 2.42. The van der Waals surface area contributed by atoms with Crippen LogP contribution in [-0.4, -0.2) is 19.8 Å². The molecule has 0 aliphatic carbocycles. The van der Waals surface area contributed by atoms with E-state index in [1.165, 1.54) is 35.7 Å². The SMILES string of the molecule is Cc1c(N)cc(S(=O)(=O)N(C)C(C)c2cccs2)cc1F. The van der Waals surface area contributed by atoms with Gasteiger partial charge >= 0.3 is 0 Å². The van der Waals surface area contributed by atoms with Gasteiger partial charge in [0.2, 0.25) is 10.0 Å². The Morgan fingerprint density at radius 1 is 1.38 bits per heavy atom. The molecule has 114 valence electrons. The van der Waals surface area contributed by atoms with Crippen LogP contribution in [0.25, 0.3) is 0 Å². The molecule has 0 radical (unpaired) electrons. The first kappa shape index (κ1) is 15.9. The minimum Gasteiger partial charge on any atom is -0.398 e. The van der Waals surface area contributed by atoms with Crippen molar-refractivity contribution in [2.24, 2.45) is 0 Å². The third-order valence-electron chi connectivity index (χ3n) is 3.54. The van der Waals surface area contributed by atoms with Crippen molar-refractivity contribution < 1.29 is 12.8 Å². The largest absolute Gasteiger partial charge is 0.398 e. The van der Waals surface area contributed by atoms with Gasteiger partial charge in [0, 0.05) is 23.2 Å². The van der Waals surface area contributed by atoms with Gasteiger partial charge in [0.1, 0.15) is 5.82 Å². The summed E-state index contributed by atoms with van der Waals surface area (Å²) in [5, 5.41) is 1.88. The van der Waals surface area contributed by atoms with E-state index in [2.05, 4.69) is 0 Å². The summed E-state index contributed by atoms with van der Waals surface area (Å²) < 4.78 is 40.2. The number of benzene rings is 1. The maximum atomic E-state index is 13.7. The zero-order valence-electron chi connectivity index (χ0n) is 12.0. The Labute approximate surface area is 128 Å². The number of anilines is 1. The number of rotatable bonds is 4. The minimum atomic E-state index is -3.81. The van der Waals surface area contributed by atoms with E-state index in [9.17, 15) is 12.8 Å². The van der Waals surface area contributed by atoms with Crippen LogP contribution >= 0.6 is 11.3 Å². The second-order valence-corrected chi connectivity index (χ2v) is 7.81. The van der Waals surface area contributed by atoms with E-state index in [0.717, 1.165) is 10.9 Å². The fourth-order valence-corrected chi connectivity index (χ4v) is 4.19. The molecule has 2 N–H and O–H groups in total. The molecule has 4 nitrogen and oxygen atoms in total. The normalized spacial score (nSPS) is 13.6. The quantitative estimate of drug-likeness (QED) is 0.877. The molecule has 2 rings (SSSR count). The van der Waals surface area contributed by atoms with Crippen molar-refractivity contribution in [2.45, 2.75) is 24.8 Å². The van der Waals surface area contributed by atoms with Crippen LogP contribution in [0.15, 0.2) is 34.5 Å². The average Bonchev–Trinajstić information content (AvgIpc) is 2.96. The van der Waals surface area contributed by atoms with Gasteiger partial charge in [-0.1, -0.05) is 6.07 Å². The van der Waals surface area contributed by atoms with Crippen molar-refractivity contribution >= 4 is 27.0 Å². The van der Waals surface area contributed by atoms with Crippen LogP contribution in [0.2, 0.25) is 0 Å². The highest BCUT2D eigenvalue weighted by Gasteiger charge is 2.28. The molecule has 7 heteroatoms. The summed E-state index contributed by atoms with van der Waals surface area (Å²) in [6, 6.07) is 5.70. The summed E-state index contributed by atoms with van der Waals surface area (Å²) in [7, 11) is -2.33. The molecule has 0 bridgehead atoms. The molecule has 1 aromatic carbocycles. The predicted octanol–water partition coefficient (Wildman–Crippen LogP) is 3.16. The molecule has 2 aromatic rings. The molecule has 1 heterocycles. The van der Waals surface area contributed by atoms with E-state index in [0.29, 0.717) is 0 Å². The highest BCUT2D eigenvalue weighted by atomic mass is 32.2. The second kappa shape index (κ2) is 5.75. The number of sulfonamides is 1. The Morgan fingerprint density at radius 3 is 2.57 bits per heavy atom. The molecule has 21 heavy (non-hydrogen) atoms. The van der Waals surface area contributed by atoms with Gasteiger partial charge in [-0.25, -0.2) is 12.8 Å². The lowest BCUT2D eigenvalue weighted by atomic mass is 10.2. The van der Waals surface area contributed by atoms with Gasteiger partial charge in [-0.3, -0.25) is 0 Å². The van der Waals surface area contributed by atoms with Crippen molar-refractivity contribution in [2.75, 3.05) is 12.8 Å². The van der Waals surface area contributed by atoms with Gasteiger partial charge in [-0.15, -0.1) is 11.3 Å². The summed E-state index contributed by atoms with van der Waals surface area (Å²) in [5.41, 5.74) is 6.05. The smallest absolute Gasteiger partial charge is 0.243 e. The van der Waals surface area contributed by atoms with Crippen molar-refractivity contribution in [3.05, 3.63) is 45.9 Å². The van der Waals surface area contributed by atoms with Gasteiger partial charge in [-0.2, -0.15) is 4.31 Å². The second-order valence-electron chi connectivity index (χ2n) is 4.83. The van der Waals surface area contributed by atoms with E-state index in [1.807, 2.05) is 17.5 Å². The molecule has 0 aliphatic rings. The topological polar surface area (TPSA) is 63.4 Å². The molecular weight excluding hydrogens is 311 g/mol. The Hall–Kier alpha value is -1.44. The summed E-state index contributed by atoms with van der Waals surface area (Å²) in [4.78, 5) is 0.788. The monoisotopic (exact) mass is 328 g/mol. The van der Waals surface area contributed by atoms with E-state index in [1.54, 1.807) is 6.92 Å². The number of nitrogens with zero attached hydrogens (tertiary/aromatic N) is 1. The Bertz CT molecular complexity index is 719. The molecule has 1 unspecified atom stereocenters. The lowest BCUT2D eigenvalue weighted by Crippen LogP contribution is -2.29. The number of nitrogens with two attached hydrogens (primary N) is 1. The van der Waals surface area contributed by atoms with Crippen LogP contribution in [0.4, 0.5) is 10.1 Å². The van der Waals surface area contributed by atoms with Crippen LogP contribution < -0.4 is 5.73 Å². The molecule has 1 atom stereocenters. The van der Waals surface area contributed by atoms with E-state index in [4.69, 9.17) is 5.73 Å². The van der Waals surface area contributed by atoms with Crippen LogP contribution in [0.5, 0.6) is 0 Å². The van der Waals surface area contributed by atoms with Crippen LogP contribution in [0.3, 0.4) is 0 Å². The third kappa shape index (κ3) is 2.95. The zero-order chi connectivity index (χ0) is 15.8. The van der Waals surface area contributed by atoms with Gasteiger partial charge in [-0.05, 0) is 37.4 Å². The fraction of sp³-hybridized carbons (Fsp3) is 0.286. The maximum Gasteiger partial charge on any atom is 0.243 e. The molecule has 0 saturated carbocycles. The molecule has 1 aromatic heterocycles. The summed E-state index contributed by atoms with van der Waals surface area (Å²) in [6.45, 7) is 3.30. The molecule has 0 spiro atoms. The summed E-state index contributed by atoms with van der Waals surface area (Å²) in [5.74, 6) is -0.620. The highest BCUT2D eigenvalue weighted by Crippen LogP contribution is 2.30. The van der Waals surface area contributed by atoms with Crippen molar-refractivity contribution in [3.8, 4) is 0 Å². The van der Waals surface area contributed by atoms with E-state index in [-0.39, 0.29) is 22.2 Å². The van der Waals surface area contributed by atoms with Crippen molar-refractivity contribution in [3.63, 3.8) is 0 Å². The first-order valence-corrected chi connectivity index (χ1v) is 8.64. The maximum absolute atomic E-state index is 13.7. The van der Waals surface area contributed by atoms with Crippen molar-refractivity contribution in [1.29, 1.82) is 0 Å². The predicted molar refractivity (Wildman–Crippen MR) is 83.2 cm³/mol. The Morgan fingerprint density at radius 2 is 2.05 bits per heavy atom. The fourth-order valence-electron chi connectivity index (χ4n) is 1.91. The number of halogens is 1. The van der Waals surface area contributed by atoms with Crippen LogP contribution in [0, 0.1) is 12.7 Å². The van der Waals surface area contributed by atoms with Crippen molar-refractivity contribution in [1.82, 2.24) is 4.31 Å². The number of thiophene rings is 1. The number of hydrogen-bond acceptors (Lipinski definition) is 4. The van der Waals surface area contributed by atoms with Crippen LogP contribution in [0.1, 0.15) is 23.4 Å². The highest BCUT2D eigenvalue weighted by molar-refractivity contribution is 7.89. The lowest BCUT2D eigenvalue weighted by Gasteiger charge is -2.23. The van der Waals surface area contributed by atoms with Gasteiger partial charge < -0.3 is 5.73 Å². The number of hydrogen-bond donors (Lipinski definition) is 1. The number of nitrogen functional groups attached to an aromatic ring is 1. The molecule has 0 aliphatic heterocycles.